The molecule has 0 radical (unpaired) electrons. The number of aryl methyl sites for hydroxylation is 2. The second-order valence-corrected chi connectivity index (χ2v) is 7.82. The fourth-order valence-electron chi connectivity index (χ4n) is 3.14. The Morgan fingerprint density at radius 1 is 1.16 bits per heavy atom. The Morgan fingerprint density at radius 3 is 2.76 bits per heavy atom. The molecule has 2 aromatic carbocycles. The van der Waals surface area contributed by atoms with Crippen molar-refractivity contribution in [3.8, 4) is 11.3 Å². The summed E-state index contributed by atoms with van der Waals surface area (Å²) in [6.45, 7) is 0. The van der Waals surface area contributed by atoms with Gasteiger partial charge in [-0.2, -0.15) is 4.99 Å². The van der Waals surface area contributed by atoms with Crippen LogP contribution in [0.3, 0.4) is 0 Å². The number of carbonyl (C=O) groups is 1. The van der Waals surface area contributed by atoms with Gasteiger partial charge in [0.2, 0.25) is 0 Å². The molecule has 0 saturated heterocycles. The number of hydrogen-bond acceptors (Lipinski definition) is 2. The normalized spacial score (nSPS) is 13.5. The number of halogens is 2. The van der Waals surface area contributed by atoms with E-state index in [0.29, 0.717) is 20.4 Å². The Labute approximate surface area is 159 Å². The van der Waals surface area contributed by atoms with Crippen molar-refractivity contribution in [2.75, 3.05) is 0 Å². The number of benzene rings is 2. The lowest BCUT2D eigenvalue weighted by molar-refractivity contribution is 0.0998. The third kappa shape index (κ3) is 2.95. The van der Waals surface area contributed by atoms with Crippen molar-refractivity contribution in [3.05, 3.63) is 73.3 Å². The van der Waals surface area contributed by atoms with E-state index in [1.165, 1.54) is 16.0 Å². The van der Waals surface area contributed by atoms with E-state index < -0.39 is 0 Å². The average molecular weight is 389 g/mol. The highest BCUT2D eigenvalue weighted by Crippen LogP contribution is 2.34. The predicted octanol–water partition coefficient (Wildman–Crippen LogP) is 4.90. The van der Waals surface area contributed by atoms with Gasteiger partial charge in [-0.15, -0.1) is 11.3 Å². The molecule has 0 spiro atoms. The van der Waals surface area contributed by atoms with Crippen molar-refractivity contribution in [1.29, 1.82) is 0 Å². The van der Waals surface area contributed by atoms with Gasteiger partial charge in [-0.05, 0) is 36.6 Å². The van der Waals surface area contributed by atoms with Crippen LogP contribution in [-0.2, 0) is 19.9 Å². The molecule has 0 saturated carbocycles. The Morgan fingerprint density at radius 2 is 1.96 bits per heavy atom. The van der Waals surface area contributed by atoms with Crippen LogP contribution in [0.2, 0.25) is 10.0 Å². The lowest BCUT2D eigenvalue weighted by atomic mass is 9.93. The Hall–Kier alpha value is -1.88. The van der Waals surface area contributed by atoms with Crippen LogP contribution in [0, 0.1) is 0 Å². The molecule has 0 unspecified atom stereocenters. The fraction of sp³-hybridized carbons (Fsp3) is 0.158. The highest BCUT2D eigenvalue weighted by atomic mass is 35.5. The molecule has 4 rings (SSSR count). The van der Waals surface area contributed by atoms with E-state index in [9.17, 15) is 4.79 Å². The minimum atomic E-state index is -0.357. The van der Waals surface area contributed by atoms with Crippen molar-refractivity contribution < 1.29 is 4.79 Å². The Balaban J connectivity index is 1.82. The summed E-state index contributed by atoms with van der Waals surface area (Å²) in [5.41, 5.74) is 4.07. The van der Waals surface area contributed by atoms with Crippen LogP contribution in [-0.4, -0.2) is 10.5 Å². The smallest absolute Gasteiger partial charge is 0.281 e. The van der Waals surface area contributed by atoms with Gasteiger partial charge in [0.25, 0.3) is 5.91 Å². The average Bonchev–Trinajstić information content (AvgIpc) is 2.91. The highest BCUT2D eigenvalue weighted by molar-refractivity contribution is 7.09. The molecular formula is C19H14Cl2N2OS. The lowest BCUT2D eigenvalue weighted by Gasteiger charge is -2.16. The maximum Gasteiger partial charge on any atom is 0.281 e. The van der Waals surface area contributed by atoms with Gasteiger partial charge in [-0.1, -0.05) is 47.5 Å². The van der Waals surface area contributed by atoms with E-state index in [1.54, 1.807) is 29.5 Å². The second kappa shape index (κ2) is 6.45. The van der Waals surface area contributed by atoms with Crippen molar-refractivity contribution in [1.82, 2.24) is 4.57 Å². The molecule has 0 bridgehead atoms. The van der Waals surface area contributed by atoms with Gasteiger partial charge < -0.3 is 4.57 Å². The SMILES string of the molecule is Cn1c2c(sc1=NC(=O)c1ccc(Cl)cc1Cl)CCc1ccccc1-2. The maximum absolute atomic E-state index is 12.6. The molecule has 6 heteroatoms. The quantitative estimate of drug-likeness (QED) is 0.583. The number of hydrogen-bond donors (Lipinski definition) is 0. The summed E-state index contributed by atoms with van der Waals surface area (Å²) >= 11 is 13.6. The fourth-order valence-corrected chi connectivity index (χ4v) is 4.75. The van der Waals surface area contributed by atoms with Gasteiger partial charge in [0, 0.05) is 22.5 Å². The summed E-state index contributed by atoms with van der Waals surface area (Å²) in [5, 5.41) is 0.811. The molecule has 1 aromatic heterocycles. The van der Waals surface area contributed by atoms with Gasteiger partial charge in [-0.25, -0.2) is 0 Å². The van der Waals surface area contributed by atoms with E-state index in [0.717, 1.165) is 18.5 Å². The van der Waals surface area contributed by atoms with Crippen LogP contribution in [0.1, 0.15) is 20.8 Å². The van der Waals surface area contributed by atoms with Crippen LogP contribution in [0.5, 0.6) is 0 Å². The van der Waals surface area contributed by atoms with Crippen molar-refractivity contribution in [2.24, 2.45) is 12.0 Å². The van der Waals surface area contributed by atoms with Crippen LogP contribution in [0.25, 0.3) is 11.3 Å². The molecule has 1 aliphatic rings. The highest BCUT2D eigenvalue weighted by Gasteiger charge is 2.21. The minimum absolute atomic E-state index is 0.315. The molecule has 3 aromatic rings. The second-order valence-electron chi connectivity index (χ2n) is 5.91. The summed E-state index contributed by atoms with van der Waals surface area (Å²) in [6.07, 6.45) is 1.98. The first kappa shape index (κ1) is 16.6. The molecule has 0 fully saturated rings. The Kier molecular flexibility index (Phi) is 4.28. The molecule has 1 heterocycles. The zero-order valence-electron chi connectivity index (χ0n) is 13.4. The zero-order chi connectivity index (χ0) is 17.6. The number of nitrogens with zero attached hydrogens (tertiary/aromatic N) is 2. The lowest BCUT2D eigenvalue weighted by Crippen LogP contribution is -2.15. The summed E-state index contributed by atoms with van der Waals surface area (Å²) < 4.78 is 2.00. The van der Waals surface area contributed by atoms with Gasteiger partial charge >= 0.3 is 0 Å². The molecule has 1 aliphatic carbocycles. The summed E-state index contributed by atoms with van der Waals surface area (Å²) in [6, 6.07) is 13.2. The third-order valence-electron chi connectivity index (χ3n) is 4.35. The van der Waals surface area contributed by atoms with Gasteiger partial charge in [-0.3, -0.25) is 4.79 Å². The first-order valence-electron chi connectivity index (χ1n) is 7.85. The first-order valence-corrected chi connectivity index (χ1v) is 9.43. The molecule has 0 N–H and O–H groups in total. The third-order valence-corrected chi connectivity index (χ3v) is 6.09. The first-order chi connectivity index (χ1) is 12.0. The van der Waals surface area contributed by atoms with E-state index in [2.05, 4.69) is 23.2 Å². The monoisotopic (exact) mass is 388 g/mol. The van der Waals surface area contributed by atoms with Crippen molar-refractivity contribution in [3.63, 3.8) is 0 Å². The number of fused-ring (bicyclic) bond motifs is 3. The number of amides is 1. The van der Waals surface area contributed by atoms with Crippen molar-refractivity contribution >= 4 is 40.4 Å². The van der Waals surface area contributed by atoms with Gasteiger partial charge in [0.15, 0.2) is 4.80 Å². The van der Waals surface area contributed by atoms with Crippen LogP contribution in [0.4, 0.5) is 0 Å². The van der Waals surface area contributed by atoms with Crippen molar-refractivity contribution in [2.45, 2.75) is 12.8 Å². The Bertz CT molecular complexity index is 1070. The summed E-state index contributed by atoms with van der Waals surface area (Å²) in [5.74, 6) is -0.357. The molecule has 3 nitrogen and oxygen atoms in total. The maximum atomic E-state index is 12.6. The molecule has 0 aliphatic heterocycles. The standard InChI is InChI=1S/C19H14Cl2N2OS/c1-23-17-13-5-3-2-4-11(13)6-9-16(17)25-19(23)22-18(24)14-8-7-12(20)10-15(14)21/h2-5,7-8,10H,6,9H2,1H3. The summed E-state index contributed by atoms with van der Waals surface area (Å²) in [4.78, 5) is 18.8. The molecule has 0 atom stereocenters. The van der Waals surface area contributed by atoms with E-state index >= 15 is 0 Å². The molecule has 1 amide bonds. The topological polar surface area (TPSA) is 34.4 Å². The zero-order valence-corrected chi connectivity index (χ0v) is 15.8. The number of rotatable bonds is 1. The predicted molar refractivity (Wildman–Crippen MR) is 102 cm³/mol. The molecule has 126 valence electrons. The molecular weight excluding hydrogens is 375 g/mol. The van der Waals surface area contributed by atoms with Crippen LogP contribution >= 0.6 is 34.5 Å². The van der Waals surface area contributed by atoms with Gasteiger partial charge in [0.05, 0.1) is 16.3 Å². The number of aromatic nitrogens is 1. The minimum Gasteiger partial charge on any atom is -0.319 e. The number of thiazole rings is 1. The van der Waals surface area contributed by atoms with Crippen LogP contribution < -0.4 is 4.80 Å². The van der Waals surface area contributed by atoms with E-state index in [1.807, 2.05) is 17.7 Å². The van der Waals surface area contributed by atoms with E-state index in [-0.39, 0.29) is 5.91 Å². The largest absolute Gasteiger partial charge is 0.319 e. The molecule has 25 heavy (non-hydrogen) atoms. The van der Waals surface area contributed by atoms with E-state index in [4.69, 9.17) is 23.2 Å². The van der Waals surface area contributed by atoms with Gasteiger partial charge in [0.1, 0.15) is 0 Å². The number of carbonyl (C=O) groups excluding carboxylic acids is 1. The summed E-state index contributed by atoms with van der Waals surface area (Å²) in [7, 11) is 1.95. The van der Waals surface area contributed by atoms with Crippen LogP contribution in [0.15, 0.2) is 47.5 Å².